The van der Waals surface area contributed by atoms with Crippen molar-refractivity contribution < 1.29 is 13.6 Å². The standard InChI is InChI=1S/C18H19ClF2N4O/c1-12-11-24(6-7-25(12)15-4-5-22-17(21)9-15)18(26)23-10-13-2-3-14(20)8-16(13)19/h2-5,8-9,12H,6-7,10-11H2,1H3,(H,23,26). The molecule has 1 N–H and O–H groups in total. The van der Waals surface area contributed by atoms with E-state index in [0.29, 0.717) is 25.2 Å². The highest BCUT2D eigenvalue weighted by molar-refractivity contribution is 6.31. The molecule has 1 unspecified atom stereocenters. The molecular weight excluding hydrogens is 362 g/mol. The highest BCUT2D eigenvalue weighted by Crippen LogP contribution is 2.21. The fourth-order valence-corrected chi connectivity index (χ4v) is 3.28. The average molecular weight is 381 g/mol. The second-order valence-electron chi connectivity index (χ2n) is 6.22. The van der Waals surface area contributed by atoms with Gasteiger partial charge in [0, 0.05) is 55.2 Å². The van der Waals surface area contributed by atoms with E-state index in [1.165, 1.54) is 24.4 Å². The SMILES string of the molecule is CC1CN(C(=O)NCc2ccc(F)cc2Cl)CCN1c1ccnc(F)c1. The number of rotatable bonds is 3. The number of hydrogen-bond donors (Lipinski definition) is 1. The fraction of sp³-hybridized carbons (Fsp3) is 0.333. The number of piperazine rings is 1. The first-order chi connectivity index (χ1) is 12.4. The quantitative estimate of drug-likeness (QED) is 0.830. The number of nitrogens with one attached hydrogen (secondary N) is 1. The number of pyridine rings is 1. The lowest BCUT2D eigenvalue weighted by Crippen LogP contribution is -2.55. The van der Waals surface area contributed by atoms with Crippen molar-refractivity contribution in [2.45, 2.75) is 19.5 Å². The maximum Gasteiger partial charge on any atom is 0.317 e. The Bertz CT molecular complexity index is 805. The van der Waals surface area contributed by atoms with Gasteiger partial charge in [0.2, 0.25) is 5.95 Å². The van der Waals surface area contributed by atoms with Crippen molar-refractivity contribution >= 4 is 23.3 Å². The molecule has 0 bridgehead atoms. The highest BCUT2D eigenvalue weighted by atomic mass is 35.5. The van der Waals surface area contributed by atoms with Crippen LogP contribution in [0.3, 0.4) is 0 Å². The van der Waals surface area contributed by atoms with Gasteiger partial charge in [-0.15, -0.1) is 0 Å². The van der Waals surface area contributed by atoms with Crippen LogP contribution in [0.1, 0.15) is 12.5 Å². The minimum absolute atomic E-state index is 0.0331. The summed E-state index contributed by atoms with van der Waals surface area (Å²) < 4.78 is 26.4. The van der Waals surface area contributed by atoms with Gasteiger partial charge in [0.25, 0.3) is 0 Å². The molecule has 1 aliphatic rings. The summed E-state index contributed by atoms with van der Waals surface area (Å²) in [5.74, 6) is -0.936. The van der Waals surface area contributed by atoms with Gasteiger partial charge in [-0.25, -0.2) is 14.2 Å². The number of amides is 2. The normalized spacial score (nSPS) is 17.3. The van der Waals surface area contributed by atoms with Gasteiger partial charge in [-0.3, -0.25) is 0 Å². The van der Waals surface area contributed by atoms with Crippen LogP contribution in [0.25, 0.3) is 0 Å². The molecule has 3 rings (SSSR count). The number of anilines is 1. The second-order valence-corrected chi connectivity index (χ2v) is 6.63. The van der Waals surface area contributed by atoms with Gasteiger partial charge in [0.15, 0.2) is 0 Å². The molecule has 5 nitrogen and oxygen atoms in total. The molecule has 138 valence electrons. The van der Waals surface area contributed by atoms with Crippen molar-refractivity contribution in [1.29, 1.82) is 0 Å². The van der Waals surface area contributed by atoms with E-state index in [1.54, 1.807) is 17.0 Å². The number of urea groups is 1. The van der Waals surface area contributed by atoms with E-state index in [2.05, 4.69) is 10.3 Å². The molecule has 26 heavy (non-hydrogen) atoms. The monoisotopic (exact) mass is 380 g/mol. The van der Waals surface area contributed by atoms with Crippen LogP contribution >= 0.6 is 11.6 Å². The summed E-state index contributed by atoms with van der Waals surface area (Å²) in [6, 6.07) is 7.05. The Hall–Kier alpha value is -2.41. The van der Waals surface area contributed by atoms with Gasteiger partial charge in [0.1, 0.15) is 5.82 Å². The zero-order valence-corrected chi connectivity index (χ0v) is 15.0. The number of carbonyl (C=O) groups excluding carboxylic acids is 1. The molecule has 2 heterocycles. The molecule has 2 amide bonds. The van der Waals surface area contributed by atoms with Crippen molar-refractivity contribution in [3.63, 3.8) is 0 Å². The summed E-state index contributed by atoms with van der Waals surface area (Å²) in [5, 5.41) is 3.09. The van der Waals surface area contributed by atoms with Crippen molar-refractivity contribution in [2.75, 3.05) is 24.5 Å². The maximum atomic E-state index is 13.3. The van der Waals surface area contributed by atoms with Crippen LogP contribution in [0.2, 0.25) is 5.02 Å². The Morgan fingerprint density at radius 1 is 1.31 bits per heavy atom. The summed E-state index contributed by atoms with van der Waals surface area (Å²) >= 11 is 5.97. The molecule has 0 saturated carbocycles. The Labute approximate surface area is 155 Å². The van der Waals surface area contributed by atoms with Gasteiger partial charge in [-0.2, -0.15) is 4.39 Å². The van der Waals surface area contributed by atoms with Crippen molar-refractivity contribution in [1.82, 2.24) is 15.2 Å². The molecular formula is C18H19ClF2N4O. The van der Waals surface area contributed by atoms with E-state index in [-0.39, 0.29) is 23.6 Å². The third kappa shape index (κ3) is 4.22. The largest absolute Gasteiger partial charge is 0.365 e. The molecule has 1 aliphatic heterocycles. The second kappa shape index (κ2) is 7.86. The highest BCUT2D eigenvalue weighted by Gasteiger charge is 2.27. The number of hydrogen-bond acceptors (Lipinski definition) is 3. The van der Waals surface area contributed by atoms with E-state index < -0.39 is 11.8 Å². The lowest BCUT2D eigenvalue weighted by atomic mass is 10.1. The Kier molecular flexibility index (Phi) is 5.56. The molecule has 1 atom stereocenters. The lowest BCUT2D eigenvalue weighted by molar-refractivity contribution is 0.186. The van der Waals surface area contributed by atoms with Crippen LogP contribution in [0, 0.1) is 11.8 Å². The molecule has 0 aliphatic carbocycles. The number of aromatic nitrogens is 1. The first-order valence-corrected chi connectivity index (χ1v) is 8.67. The third-order valence-corrected chi connectivity index (χ3v) is 4.75. The zero-order valence-electron chi connectivity index (χ0n) is 14.3. The van der Waals surface area contributed by atoms with Gasteiger partial charge in [0.05, 0.1) is 0 Å². The van der Waals surface area contributed by atoms with Crippen LogP contribution in [-0.2, 0) is 6.54 Å². The summed E-state index contributed by atoms with van der Waals surface area (Å²) in [5.41, 5.74) is 1.41. The summed E-state index contributed by atoms with van der Waals surface area (Å²) in [7, 11) is 0. The van der Waals surface area contributed by atoms with Crippen LogP contribution in [0.4, 0.5) is 19.3 Å². The van der Waals surface area contributed by atoms with Gasteiger partial charge in [-0.05, 0) is 30.7 Å². The van der Waals surface area contributed by atoms with E-state index in [1.807, 2.05) is 11.8 Å². The van der Waals surface area contributed by atoms with Crippen LogP contribution in [0.15, 0.2) is 36.5 Å². The molecule has 1 aromatic heterocycles. The number of benzene rings is 1. The van der Waals surface area contributed by atoms with Crippen molar-refractivity contribution in [3.8, 4) is 0 Å². The molecule has 0 spiro atoms. The van der Waals surface area contributed by atoms with Crippen LogP contribution < -0.4 is 10.2 Å². The third-order valence-electron chi connectivity index (χ3n) is 4.40. The van der Waals surface area contributed by atoms with E-state index in [0.717, 1.165) is 5.69 Å². The first kappa shape index (κ1) is 18.4. The van der Waals surface area contributed by atoms with E-state index in [4.69, 9.17) is 11.6 Å². The Balaban J connectivity index is 1.57. The van der Waals surface area contributed by atoms with Gasteiger partial charge in [-0.1, -0.05) is 17.7 Å². The van der Waals surface area contributed by atoms with Crippen molar-refractivity contribution in [2.24, 2.45) is 0 Å². The molecule has 0 radical (unpaired) electrons. The van der Waals surface area contributed by atoms with E-state index >= 15 is 0 Å². The topological polar surface area (TPSA) is 48.5 Å². The maximum absolute atomic E-state index is 13.3. The summed E-state index contributed by atoms with van der Waals surface area (Å²) in [6.07, 6.45) is 1.43. The Morgan fingerprint density at radius 3 is 2.81 bits per heavy atom. The van der Waals surface area contributed by atoms with Crippen LogP contribution in [0.5, 0.6) is 0 Å². The van der Waals surface area contributed by atoms with Crippen LogP contribution in [-0.4, -0.2) is 41.6 Å². The molecule has 8 heteroatoms. The Morgan fingerprint density at radius 2 is 2.12 bits per heavy atom. The smallest absolute Gasteiger partial charge is 0.317 e. The number of nitrogens with zero attached hydrogens (tertiary/aromatic N) is 3. The first-order valence-electron chi connectivity index (χ1n) is 8.29. The summed E-state index contributed by atoms with van der Waals surface area (Å²) in [6.45, 7) is 3.82. The number of halogens is 3. The molecule has 2 aromatic rings. The fourth-order valence-electron chi connectivity index (χ4n) is 3.04. The number of carbonyl (C=O) groups is 1. The minimum Gasteiger partial charge on any atom is -0.365 e. The van der Waals surface area contributed by atoms with E-state index in [9.17, 15) is 13.6 Å². The predicted octanol–water partition coefficient (Wildman–Crippen LogP) is 3.43. The molecule has 1 saturated heterocycles. The lowest BCUT2D eigenvalue weighted by Gasteiger charge is -2.41. The molecule has 1 aromatic carbocycles. The van der Waals surface area contributed by atoms with Crippen molar-refractivity contribution in [3.05, 3.63) is 58.9 Å². The summed E-state index contributed by atoms with van der Waals surface area (Å²) in [4.78, 5) is 19.7. The zero-order chi connectivity index (χ0) is 18.7. The minimum atomic E-state index is -0.522. The predicted molar refractivity (Wildman–Crippen MR) is 96.2 cm³/mol. The average Bonchev–Trinajstić information content (AvgIpc) is 2.60. The van der Waals surface area contributed by atoms with Gasteiger partial charge >= 0.3 is 6.03 Å². The molecule has 1 fully saturated rings. The van der Waals surface area contributed by atoms with Gasteiger partial charge < -0.3 is 15.1 Å².